The van der Waals surface area contributed by atoms with Crippen molar-refractivity contribution in [3.05, 3.63) is 80.6 Å². The third-order valence-electron chi connectivity index (χ3n) is 6.19. The van der Waals surface area contributed by atoms with Crippen molar-refractivity contribution in [2.45, 2.75) is 93.9 Å². The first-order valence-electron chi connectivity index (χ1n) is 12.7. The minimum absolute atomic E-state index is 0.0224. The molecule has 0 atom stereocenters. The van der Waals surface area contributed by atoms with Crippen molar-refractivity contribution in [2.75, 3.05) is 0 Å². The summed E-state index contributed by atoms with van der Waals surface area (Å²) in [5, 5.41) is 0. The highest BCUT2D eigenvalue weighted by Gasteiger charge is 2.34. The van der Waals surface area contributed by atoms with Crippen molar-refractivity contribution < 1.29 is 13.9 Å². The maximum absolute atomic E-state index is 13.2. The van der Waals surface area contributed by atoms with E-state index in [9.17, 15) is 4.79 Å². The van der Waals surface area contributed by atoms with Gasteiger partial charge in [-0.05, 0) is 77.0 Å². The van der Waals surface area contributed by atoms with Gasteiger partial charge in [0.2, 0.25) is 0 Å². The van der Waals surface area contributed by atoms with Crippen molar-refractivity contribution in [2.24, 2.45) is 10.8 Å². The highest BCUT2D eigenvalue weighted by molar-refractivity contribution is 7.64. The van der Waals surface area contributed by atoms with Gasteiger partial charge in [-0.25, -0.2) is 4.42 Å². The van der Waals surface area contributed by atoms with E-state index in [4.69, 9.17) is 21.8 Å². The standard InChI is InChI=1S/C32H42O3S/c1-29(2,3)23-15-19(16-24(34-23)30(4,5)6)13-21-27(33)22(28(21)36)14-20-17-25(31(7,8)9)35-26(18-20)32(10,11)12/h13-18H,1-12H3. The van der Waals surface area contributed by atoms with Crippen LogP contribution in [0.4, 0.5) is 0 Å². The Kier molecular flexibility index (Phi) is 7.13. The molecule has 2 aliphatic rings. The highest BCUT2D eigenvalue weighted by atomic mass is 32.1. The topological polar surface area (TPSA) is 37.6 Å². The van der Waals surface area contributed by atoms with Crippen LogP contribution in [0.15, 0.2) is 67.9 Å². The lowest BCUT2D eigenvalue weighted by Crippen LogP contribution is -2.22. The third-order valence-corrected chi connectivity index (χ3v) is 6.63. The molecular formula is C32H42O3S. The molecule has 0 fully saturated rings. The second-order valence-electron chi connectivity index (χ2n) is 14.0. The maximum atomic E-state index is 13.2. The molecule has 36 heavy (non-hydrogen) atoms. The monoisotopic (exact) mass is 506 g/mol. The summed E-state index contributed by atoms with van der Waals surface area (Å²) in [6, 6.07) is 4.04. The van der Waals surface area contributed by atoms with Crippen molar-refractivity contribution in [1.82, 2.24) is 0 Å². The number of allylic oxidation sites excluding steroid dienone is 8. The van der Waals surface area contributed by atoms with Gasteiger partial charge < -0.3 is 17.4 Å². The molecule has 1 aliphatic heterocycles. The molecule has 4 heteroatoms. The number of ketones is 1. The Morgan fingerprint density at radius 2 is 1.17 bits per heavy atom. The second kappa shape index (κ2) is 9.13. The molecule has 0 aromatic carbocycles. The van der Waals surface area contributed by atoms with Crippen LogP contribution in [-0.4, -0.2) is 5.78 Å². The number of carbonyl (C=O) groups excluding carboxylic acids is 1. The number of rotatable bonds is 2. The predicted molar refractivity (Wildman–Crippen MR) is 152 cm³/mol. The van der Waals surface area contributed by atoms with Crippen LogP contribution in [0.3, 0.4) is 0 Å². The molecule has 194 valence electrons. The molecule has 0 saturated heterocycles. The molecule has 3 nitrogen and oxygen atoms in total. The van der Waals surface area contributed by atoms with Gasteiger partial charge in [0.15, 0.2) is 5.78 Å². The number of Topliss-reactive ketones (excluding diaryl/α,β-unsaturated/α-hetero) is 1. The van der Waals surface area contributed by atoms with Gasteiger partial charge in [0.1, 0.15) is 11.5 Å². The number of hydrogen-bond acceptors (Lipinski definition) is 3. The summed E-state index contributed by atoms with van der Waals surface area (Å²) >= 11 is 5.72. The number of hydrogen-bond donors (Lipinski definition) is 0. The molecule has 0 N–H and O–H groups in total. The molecule has 1 aromatic heterocycles. The molecule has 1 aromatic rings. The van der Waals surface area contributed by atoms with Gasteiger partial charge >= 0.3 is 11.5 Å². The van der Waals surface area contributed by atoms with Gasteiger partial charge in [-0.1, -0.05) is 41.5 Å². The van der Waals surface area contributed by atoms with E-state index in [1.54, 1.807) is 0 Å². The predicted octanol–water partition coefficient (Wildman–Crippen LogP) is 8.74. The molecule has 2 heterocycles. The molecule has 0 saturated carbocycles. The van der Waals surface area contributed by atoms with Crippen LogP contribution in [0.25, 0.3) is 6.08 Å². The molecule has 0 radical (unpaired) electrons. The SMILES string of the molecule is CC(C)(C)C1=CC(=CC2=C([S-])/C(=C\c3cc(C(C)(C)C)[o+]c(C(C)(C)C)c3)C2=O)C=C(C(C)(C)C)O1. The van der Waals surface area contributed by atoms with Crippen molar-refractivity contribution >= 4 is 24.5 Å². The summed E-state index contributed by atoms with van der Waals surface area (Å²) in [6.07, 6.45) is 7.85. The largest absolute Gasteiger partial charge is 0.778 e. The summed E-state index contributed by atoms with van der Waals surface area (Å²) in [5.41, 5.74) is 2.41. The van der Waals surface area contributed by atoms with Crippen molar-refractivity contribution in [3.63, 3.8) is 0 Å². The first-order valence-corrected chi connectivity index (χ1v) is 13.1. The average Bonchev–Trinajstić information content (AvgIpc) is 2.72. The molecule has 0 amide bonds. The lowest BCUT2D eigenvalue weighted by Gasteiger charge is -2.33. The lowest BCUT2D eigenvalue weighted by molar-refractivity contribution is -0.112. The first kappa shape index (κ1) is 28.1. The summed E-state index contributed by atoms with van der Waals surface area (Å²) in [5.74, 6) is 3.51. The Morgan fingerprint density at radius 3 is 1.53 bits per heavy atom. The molecule has 0 spiro atoms. The fraction of sp³-hybridized carbons (Fsp3) is 0.500. The van der Waals surface area contributed by atoms with Gasteiger partial charge in [0.05, 0.1) is 10.8 Å². The average molecular weight is 507 g/mol. The molecule has 0 bridgehead atoms. The molecule has 3 rings (SSSR count). The summed E-state index contributed by atoms with van der Waals surface area (Å²) in [6.45, 7) is 25.5. The molecular weight excluding hydrogens is 464 g/mol. The zero-order valence-electron chi connectivity index (χ0n) is 24.1. The minimum Gasteiger partial charge on any atom is -0.778 e. The smallest absolute Gasteiger partial charge is 0.335 e. The Hall–Kier alpha value is -2.46. The Bertz CT molecular complexity index is 1170. The van der Waals surface area contributed by atoms with Crippen LogP contribution in [0.5, 0.6) is 0 Å². The van der Waals surface area contributed by atoms with E-state index in [0.29, 0.717) is 16.1 Å². The van der Waals surface area contributed by atoms with E-state index in [2.05, 4.69) is 83.1 Å². The van der Waals surface area contributed by atoms with E-state index in [1.807, 2.05) is 36.4 Å². The van der Waals surface area contributed by atoms with Gasteiger partial charge in [-0.15, -0.1) is 0 Å². The van der Waals surface area contributed by atoms with Gasteiger partial charge in [0.25, 0.3) is 0 Å². The Morgan fingerprint density at radius 1 is 0.722 bits per heavy atom. The molecule has 1 aliphatic carbocycles. The zero-order chi connectivity index (χ0) is 27.4. The minimum atomic E-state index is -0.155. The van der Waals surface area contributed by atoms with Crippen LogP contribution >= 0.6 is 0 Å². The quantitative estimate of drug-likeness (QED) is 0.228. The highest BCUT2D eigenvalue weighted by Crippen LogP contribution is 2.41. The zero-order valence-corrected chi connectivity index (χ0v) is 24.9. The fourth-order valence-corrected chi connectivity index (χ4v) is 4.02. The summed E-state index contributed by atoms with van der Waals surface area (Å²) < 4.78 is 12.5. The van der Waals surface area contributed by atoms with Crippen LogP contribution < -0.4 is 0 Å². The van der Waals surface area contributed by atoms with E-state index in [0.717, 1.165) is 34.2 Å². The maximum Gasteiger partial charge on any atom is 0.335 e. The number of carbonyl (C=O) groups is 1. The van der Waals surface area contributed by atoms with Crippen LogP contribution in [0.1, 0.15) is 100 Å². The van der Waals surface area contributed by atoms with Gasteiger partial charge in [0, 0.05) is 34.1 Å². The normalized spacial score (nSPS) is 18.6. The summed E-state index contributed by atoms with van der Waals surface area (Å²) in [7, 11) is 0. The van der Waals surface area contributed by atoms with E-state index < -0.39 is 0 Å². The van der Waals surface area contributed by atoms with E-state index >= 15 is 0 Å². The fourth-order valence-electron chi connectivity index (χ4n) is 3.72. The van der Waals surface area contributed by atoms with Crippen LogP contribution in [0.2, 0.25) is 0 Å². The van der Waals surface area contributed by atoms with E-state index in [-0.39, 0.29) is 27.4 Å². The van der Waals surface area contributed by atoms with Gasteiger partial charge in [-0.3, -0.25) is 4.79 Å². The van der Waals surface area contributed by atoms with Crippen molar-refractivity contribution in [3.8, 4) is 0 Å². The number of ether oxygens (including phenoxy) is 1. The third kappa shape index (κ3) is 6.08. The lowest BCUT2D eigenvalue weighted by atomic mass is 9.83. The molecule has 0 unspecified atom stereocenters. The van der Waals surface area contributed by atoms with Gasteiger partial charge in [-0.2, -0.15) is 4.91 Å². The van der Waals surface area contributed by atoms with Crippen LogP contribution in [-0.2, 0) is 33.0 Å². The van der Waals surface area contributed by atoms with Crippen LogP contribution in [0, 0.1) is 10.8 Å². The first-order chi connectivity index (χ1) is 16.2. The Labute approximate surface area is 223 Å². The van der Waals surface area contributed by atoms with Crippen molar-refractivity contribution in [1.29, 1.82) is 0 Å². The second-order valence-corrected chi connectivity index (χ2v) is 14.4. The summed E-state index contributed by atoms with van der Waals surface area (Å²) in [4.78, 5) is 13.8. The Balaban J connectivity index is 2.07. The van der Waals surface area contributed by atoms with E-state index in [1.165, 1.54) is 0 Å².